The SMILES string of the molecule is C=CCn1c(N)c2ccccc2nc1=O. The fraction of sp³-hybridized carbons (Fsp3) is 0.0909. The summed E-state index contributed by atoms with van der Waals surface area (Å²) in [6, 6.07) is 7.30. The first-order valence-corrected chi connectivity index (χ1v) is 4.60. The summed E-state index contributed by atoms with van der Waals surface area (Å²) >= 11 is 0. The Labute approximate surface area is 86.7 Å². The van der Waals surface area contributed by atoms with Crippen molar-refractivity contribution in [2.24, 2.45) is 0 Å². The topological polar surface area (TPSA) is 60.9 Å². The van der Waals surface area contributed by atoms with Crippen molar-refractivity contribution in [1.82, 2.24) is 9.55 Å². The molecule has 4 nitrogen and oxygen atoms in total. The third kappa shape index (κ3) is 1.50. The summed E-state index contributed by atoms with van der Waals surface area (Å²) in [5.41, 5.74) is 6.16. The predicted molar refractivity (Wildman–Crippen MR) is 60.6 cm³/mol. The first kappa shape index (κ1) is 9.45. The maximum Gasteiger partial charge on any atom is 0.350 e. The Morgan fingerprint density at radius 3 is 2.93 bits per heavy atom. The fourth-order valence-corrected chi connectivity index (χ4v) is 1.51. The Hall–Kier alpha value is -2.10. The molecule has 0 saturated carbocycles. The molecule has 2 aromatic rings. The average Bonchev–Trinajstić information content (AvgIpc) is 2.24. The second-order valence-electron chi connectivity index (χ2n) is 3.20. The fourth-order valence-electron chi connectivity index (χ4n) is 1.51. The van der Waals surface area contributed by atoms with Crippen LogP contribution in [0.2, 0.25) is 0 Å². The molecular weight excluding hydrogens is 190 g/mol. The van der Waals surface area contributed by atoms with E-state index in [4.69, 9.17) is 5.73 Å². The lowest BCUT2D eigenvalue weighted by atomic mass is 10.2. The van der Waals surface area contributed by atoms with Crippen molar-refractivity contribution in [3.05, 3.63) is 47.4 Å². The summed E-state index contributed by atoms with van der Waals surface area (Å²) < 4.78 is 1.40. The number of nitrogens with two attached hydrogens (primary N) is 1. The third-order valence-corrected chi connectivity index (χ3v) is 2.23. The summed E-state index contributed by atoms with van der Waals surface area (Å²) in [5, 5.41) is 0.791. The number of para-hydroxylation sites is 1. The second kappa shape index (κ2) is 3.57. The maximum absolute atomic E-state index is 11.6. The van der Waals surface area contributed by atoms with Crippen LogP contribution in [0.15, 0.2) is 41.7 Å². The van der Waals surface area contributed by atoms with Crippen molar-refractivity contribution in [2.45, 2.75) is 6.54 Å². The van der Waals surface area contributed by atoms with Crippen LogP contribution in [0.5, 0.6) is 0 Å². The van der Waals surface area contributed by atoms with Crippen LogP contribution < -0.4 is 11.4 Å². The molecule has 0 aliphatic rings. The van der Waals surface area contributed by atoms with Gasteiger partial charge < -0.3 is 5.73 Å². The number of fused-ring (bicyclic) bond motifs is 1. The molecule has 1 aromatic heterocycles. The van der Waals surface area contributed by atoms with Crippen molar-refractivity contribution >= 4 is 16.7 Å². The Morgan fingerprint density at radius 2 is 2.20 bits per heavy atom. The monoisotopic (exact) mass is 201 g/mol. The van der Waals surface area contributed by atoms with Gasteiger partial charge in [-0.05, 0) is 12.1 Å². The van der Waals surface area contributed by atoms with Gasteiger partial charge in [0.25, 0.3) is 0 Å². The Balaban J connectivity index is 2.83. The normalized spacial score (nSPS) is 10.4. The average molecular weight is 201 g/mol. The Bertz CT molecular complexity index is 572. The number of aromatic nitrogens is 2. The van der Waals surface area contributed by atoms with E-state index in [1.807, 2.05) is 18.2 Å². The number of hydrogen-bond donors (Lipinski definition) is 1. The minimum Gasteiger partial charge on any atom is -0.384 e. The van der Waals surface area contributed by atoms with E-state index in [9.17, 15) is 4.79 Å². The molecule has 0 aliphatic carbocycles. The smallest absolute Gasteiger partial charge is 0.350 e. The van der Waals surface area contributed by atoms with Gasteiger partial charge in [-0.3, -0.25) is 4.57 Å². The van der Waals surface area contributed by atoms with E-state index >= 15 is 0 Å². The summed E-state index contributed by atoms with van der Waals surface area (Å²) in [4.78, 5) is 15.5. The van der Waals surface area contributed by atoms with E-state index < -0.39 is 0 Å². The lowest BCUT2D eigenvalue weighted by Crippen LogP contribution is -2.25. The van der Waals surface area contributed by atoms with Gasteiger partial charge in [0, 0.05) is 11.9 Å². The molecule has 0 radical (unpaired) electrons. The van der Waals surface area contributed by atoms with Gasteiger partial charge in [-0.25, -0.2) is 4.79 Å². The van der Waals surface area contributed by atoms with Gasteiger partial charge in [0.1, 0.15) is 5.82 Å². The summed E-state index contributed by atoms with van der Waals surface area (Å²) in [7, 11) is 0. The van der Waals surface area contributed by atoms with Crippen molar-refractivity contribution in [3.63, 3.8) is 0 Å². The highest BCUT2D eigenvalue weighted by Crippen LogP contribution is 2.15. The highest BCUT2D eigenvalue weighted by atomic mass is 16.1. The first-order chi connectivity index (χ1) is 7.24. The van der Waals surface area contributed by atoms with Gasteiger partial charge in [-0.2, -0.15) is 4.98 Å². The predicted octanol–water partition coefficient (Wildman–Crippen LogP) is 1.16. The highest BCUT2D eigenvalue weighted by molar-refractivity contribution is 5.87. The van der Waals surface area contributed by atoms with E-state index in [-0.39, 0.29) is 5.69 Å². The van der Waals surface area contributed by atoms with Crippen LogP contribution in [0.3, 0.4) is 0 Å². The molecule has 0 atom stereocenters. The second-order valence-corrected chi connectivity index (χ2v) is 3.20. The van der Waals surface area contributed by atoms with Crippen LogP contribution in [-0.2, 0) is 6.54 Å². The molecule has 0 bridgehead atoms. The number of benzene rings is 1. The van der Waals surface area contributed by atoms with E-state index in [2.05, 4.69) is 11.6 Å². The molecule has 2 rings (SSSR count). The molecule has 0 amide bonds. The van der Waals surface area contributed by atoms with Crippen LogP contribution in [0.4, 0.5) is 5.82 Å². The Kier molecular flexibility index (Phi) is 2.25. The van der Waals surface area contributed by atoms with Gasteiger partial charge >= 0.3 is 5.69 Å². The molecule has 1 heterocycles. The molecule has 2 N–H and O–H groups in total. The van der Waals surface area contributed by atoms with Crippen LogP contribution in [0.1, 0.15) is 0 Å². The molecule has 0 unspecified atom stereocenters. The van der Waals surface area contributed by atoms with Gasteiger partial charge in [0.2, 0.25) is 0 Å². The van der Waals surface area contributed by atoms with E-state index in [0.717, 1.165) is 5.39 Å². The molecule has 1 aromatic carbocycles. The minimum absolute atomic E-state index is 0.342. The quantitative estimate of drug-likeness (QED) is 0.742. The number of allylic oxidation sites excluding steroid dienone is 1. The van der Waals surface area contributed by atoms with E-state index in [1.165, 1.54) is 4.57 Å². The summed E-state index contributed by atoms with van der Waals surface area (Å²) in [6.07, 6.45) is 1.62. The van der Waals surface area contributed by atoms with Crippen LogP contribution in [0, 0.1) is 0 Å². The van der Waals surface area contributed by atoms with Crippen LogP contribution in [0.25, 0.3) is 10.9 Å². The van der Waals surface area contributed by atoms with Gasteiger partial charge in [-0.1, -0.05) is 18.2 Å². The molecule has 0 fully saturated rings. The van der Waals surface area contributed by atoms with Crippen LogP contribution >= 0.6 is 0 Å². The molecule has 0 spiro atoms. The number of rotatable bonds is 2. The van der Waals surface area contributed by atoms with Crippen molar-refractivity contribution in [2.75, 3.05) is 5.73 Å². The van der Waals surface area contributed by atoms with Gasteiger partial charge in [-0.15, -0.1) is 6.58 Å². The lowest BCUT2D eigenvalue weighted by molar-refractivity contribution is 0.768. The van der Waals surface area contributed by atoms with Crippen molar-refractivity contribution in [1.29, 1.82) is 0 Å². The number of nitrogen functional groups attached to an aromatic ring is 1. The molecular formula is C11H11N3O. The first-order valence-electron chi connectivity index (χ1n) is 4.60. The van der Waals surface area contributed by atoms with E-state index in [1.54, 1.807) is 12.1 Å². The van der Waals surface area contributed by atoms with Crippen molar-refractivity contribution < 1.29 is 0 Å². The standard InChI is InChI=1S/C11H11N3O/c1-2-7-14-10(12)8-5-3-4-6-9(8)13-11(14)15/h2-6H,1,7,12H2. The highest BCUT2D eigenvalue weighted by Gasteiger charge is 2.05. The Morgan fingerprint density at radius 1 is 1.47 bits per heavy atom. The van der Waals surface area contributed by atoms with Gasteiger partial charge in [0.05, 0.1) is 5.52 Å². The van der Waals surface area contributed by atoms with E-state index in [0.29, 0.717) is 17.9 Å². The minimum atomic E-state index is -0.342. The zero-order chi connectivity index (χ0) is 10.8. The third-order valence-electron chi connectivity index (χ3n) is 2.23. The lowest BCUT2D eigenvalue weighted by Gasteiger charge is -2.08. The molecule has 0 aliphatic heterocycles. The zero-order valence-electron chi connectivity index (χ0n) is 8.18. The number of nitrogens with zero attached hydrogens (tertiary/aromatic N) is 2. The summed E-state index contributed by atoms with van der Waals surface area (Å²) in [6.45, 7) is 3.95. The maximum atomic E-state index is 11.6. The summed E-state index contributed by atoms with van der Waals surface area (Å²) in [5.74, 6) is 0.436. The zero-order valence-corrected chi connectivity index (χ0v) is 8.18. The number of anilines is 1. The molecule has 76 valence electrons. The molecule has 15 heavy (non-hydrogen) atoms. The number of hydrogen-bond acceptors (Lipinski definition) is 3. The van der Waals surface area contributed by atoms with Gasteiger partial charge in [0.15, 0.2) is 0 Å². The molecule has 0 saturated heterocycles. The van der Waals surface area contributed by atoms with Crippen LogP contribution in [-0.4, -0.2) is 9.55 Å². The largest absolute Gasteiger partial charge is 0.384 e. The molecule has 4 heteroatoms. The van der Waals surface area contributed by atoms with Crippen molar-refractivity contribution in [3.8, 4) is 0 Å².